The lowest BCUT2D eigenvalue weighted by Crippen LogP contribution is -2.20. The second-order valence-electron chi connectivity index (χ2n) is 4.28. The van der Waals surface area contributed by atoms with Crippen LogP contribution in [0.3, 0.4) is 0 Å². The number of benzene rings is 1. The van der Waals surface area contributed by atoms with E-state index in [4.69, 9.17) is 5.73 Å². The van der Waals surface area contributed by atoms with Crippen molar-refractivity contribution in [3.8, 4) is 0 Å². The van der Waals surface area contributed by atoms with Crippen molar-refractivity contribution in [3.63, 3.8) is 0 Å². The van der Waals surface area contributed by atoms with E-state index in [0.717, 1.165) is 12.2 Å². The maximum absolute atomic E-state index is 11.7. The molecule has 5 nitrogen and oxygen atoms in total. The van der Waals surface area contributed by atoms with Gasteiger partial charge in [0.2, 0.25) is 10.0 Å². The minimum Gasteiger partial charge on any atom is -0.397 e. The highest BCUT2D eigenvalue weighted by molar-refractivity contribution is 7.98. The lowest BCUT2D eigenvalue weighted by molar-refractivity contribution is 0.588. The van der Waals surface area contributed by atoms with Crippen LogP contribution in [-0.2, 0) is 10.0 Å². The van der Waals surface area contributed by atoms with E-state index in [-0.39, 0.29) is 10.9 Å². The largest absolute Gasteiger partial charge is 0.397 e. The van der Waals surface area contributed by atoms with Crippen molar-refractivity contribution in [1.82, 2.24) is 4.72 Å². The van der Waals surface area contributed by atoms with E-state index in [0.29, 0.717) is 11.4 Å². The average Bonchev–Trinajstić information content (AvgIpc) is 2.38. The minimum absolute atomic E-state index is 0.212. The van der Waals surface area contributed by atoms with Gasteiger partial charge in [0.1, 0.15) is 0 Å². The fourth-order valence-corrected chi connectivity index (χ4v) is 2.92. The zero-order valence-electron chi connectivity index (χ0n) is 11.4. The van der Waals surface area contributed by atoms with Gasteiger partial charge in [0.25, 0.3) is 0 Å². The van der Waals surface area contributed by atoms with Crippen molar-refractivity contribution in [2.75, 3.05) is 30.1 Å². The molecule has 1 aromatic carbocycles. The predicted molar refractivity (Wildman–Crippen MR) is 83.2 cm³/mol. The number of rotatable bonds is 7. The summed E-state index contributed by atoms with van der Waals surface area (Å²) in [6.45, 7) is 2.05. The zero-order chi connectivity index (χ0) is 14.5. The van der Waals surface area contributed by atoms with Crippen molar-refractivity contribution in [3.05, 3.63) is 18.2 Å². The number of hydrogen-bond donors (Lipinski definition) is 3. The highest BCUT2D eigenvalue weighted by Crippen LogP contribution is 2.24. The first kappa shape index (κ1) is 16.1. The number of nitrogen functional groups attached to an aromatic ring is 1. The van der Waals surface area contributed by atoms with Gasteiger partial charge in [-0.2, -0.15) is 11.8 Å². The summed E-state index contributed by atoms with van der Waals surface area (Å²) in [6, 6.07) is 4.91. The maximum atomic E-state index is 11.7. The number of nitrogens with two attached hydrogens (primary N) is 1. The number of sulfonamides is 1. The zero-order valence-corrected chi connectivity index (χ0v) is 13.1. The third-order valence-corrected chi connectivity index (χ3v) is 4.82. The molecule has 0 bridgehead atoms. The molecule has 0 aliphatic rings. The third-order valence-electron chi connectivity index (χ3n) is 2.76. The Balaban J connectivity index is 2.92. The Labute approximate surface area is 119 Å². The molecule has 0 fully saturated rings. The highest BCUT2D eigenvalue weighted by atomic mass is 32.2. The van der Waals surface area contributed by atoms with Crippen LogP contribution in [-0.4, -0.2) is 33.5 Å². The van der Waals surface area contributed by atoms with Gasteiger partial charge in [-0.25, -0.2) is 13.1 Å². The van der Waals surface area contributed by atoms with Gasteiger partial charge >= 0.3 is 0 Å². The molecule has 0 aromatic heterocycles. The van der Waals surface area contributed by atoms with Gasteiger partial charge in [0, 0.05) is 6.04 Å². The van der Waals surface area contributed by atoms with Gasteiger partial charge in [-0.15, -0.1) is 0 Å². The first-order valence-electron chi connectivity index (χ1n) is 5.99. The number of thioether (sulfide) groups is 1. The fraction of sp³-hybridized carbons (Fsp3) is 0.500. The van der Waals surface area contributed by atoms with Gasteiger partial charge < -0.3 is 11.1 Å². The van der Waals surface area contributed by atoms with E-state index in [1.165, 1.54) is 13.1 Å². The molecule has 0 radical (unpaired) electrons. The smallest absolute Gasteiger partial charge is 0.240 e. The normalized spacial score (nSPS) is 13.2. The molecule has 0 aliphatic heterocycles. The molecule has 0 saturated carbocycles. The lowest BCUT2D eigenvalue weighted by Gasteiger charge is -2.17. The second kappa shape index (κ2) is 7.02. The second-order valence-corrected chi connectivity index (χ2v) is 7.16. The molecule has 1 unspecified atom stereocenters. The lowest BCUT2D eigenvalue weighted by atomic mass is 10.2. The Morgan fingerprint density at radius 2 is 2.11 bits per heavy atom. The molecule has 4 N–H and O–H groups in total. The quantitative estimate of drug-likeness (QED) is 0.668. The molecular formula is C12H21N3O2S2. The molecule has 19 heavy (non-hydrogen) atoms. The van der Waals surface area contributed by atoms with Gasteiger partial charge in [0.15, 0.2) is 0 Å². The van der Waals surface area contributed by atoms with E-state index in [1.807, 2.05) is 0 Å². The Hall–Kier alpha value is -0.920. The van der Waals surface area contributed by atoms with E-state index >= 15 is 0 Å². The molecule has 0 spiro atoms. The van der Waals surface area contributed by atoms with Crippen LogP contribution in [0.25, 0.3) is 0 Å². The van der Waals surface area contributed by atoms with Crippen molar-refractivity contribution < 1.29 is 8.42 Å². The van der Waals surface area contributed by atoms with Crippen LogP contribution >= 0.6 is 11.8 Å². The molecule has 108 valence electrons. The number of anilines is 2. The van der Waals surface area contributed by atoms with E-state index in [1.54, 1.807) is 23.9 Å². The summed E-state index contributed by atoms with van der Waals surface area (Å²) < 4.78 is 25.8. The van der Waals surface area contributed by atoms with Crippen LogP contribution in [0, 0.1) is 0 Å². The maximum Gasteiger partial charge on any atom is 0.240 e. The molecule has 7 heteroatoms. The van der Waals surface area contributed by atoms with E-state index < -0.39 is 10.0 Å². The molecule has 0 aliphatic carbocycles. The molecule has 1 aromatic rings. The van der Waals surface area contributed by atoms with Crippen LogP contribution in [0.5, 0.6) is 0 Å². The predicted octanol–water partition coefficient (Wildman–Crippen LogP) is 1.73. The van der Waals surface area contributed by atoms with Gasteiger partial charge in [-0.3, -0.25) is 0 Å². The minimum atomic E-state index is -3.44. The van der Waals surface area contributed by atoms with Crippen molar-refractivity contribution in [2.24, 2.45) is 0 Å². The summed E-state index contributed by atoms with van der Waals surface area (Å²) in [4.78, 5) is 0.212. The monoisotopic (exact) mass is 303 g/mol. The summed E-state index contributed by atoms with van der Waals surface area (Å²) in [6.07, 6.45) is 3.05. The summed E-state index contributed by atoms with van der Waals surface area (Å²) >= 11 is 1.78. The Bertz CT molecular complexity index is 518. The van der Waals surface area contributed by atoms with Gasteiger partial charge in [-0.05, 0) is 50.6 Å². The summed E-state index contributed by atoms with van der Waals surface area (Å²) in [5.74, 6) is 1.04. The Morgan fingerprint density at radius 3 is 2.68 bits per heavy atom. The third kappa shape index (κ3) is 4.59. The fourth-order valence-electron chi connectivity index (χ4n) is 1.58. The molecule has 0 heterocycles. The van der Waals surface area contributed by atoms with Crippen LogP contribution in [0.1, 0.15) is 13.3 Å². The average molecular weight is 303 g/mol. The SMILES string of the molecule is CNS(=O)(=O)c1ccc(N)c(NC(C)CCSC)c1. The summed E-state index contributed by atoms with van der Waals surface area (Å²) in [5.41, 5.74) is 7.07. The van der Waals surface area contributed by atoms with E-state index in [9.17, 15) is 8.42 Å². The molecule has 0 saturated heterocycles. The standard InChI is InChI=1S/C12H21N3O2S2/c1-9(6-7-18-3)15-12-8-10(4-5-11(12)13)19(16,17)14-2/h4-5,8-9,14-15H,6-7,13H2,1-3H3. The molecule has 1 rings (SSSR count). The first-order chi connectivity index (χ1) is 8.90. The van der Waals surface area contributed by atoms with Crippen LogP contribution in [0.4, 0.5) is 11.4 Å². The Morgan fingerprint density at radius 1 is 1.42 bits per heavy atom. The van der Waals surface area contributed by atoms with Crippen molar-refractivity contribution in [2.45, 2.75) is 24.3 Å². The van der Waals surface area contributed by atoms with Crippen LogP contribution < -0.4 is 15.8 Å². The van der Waals surface area contributed by atoms with Crippen LogP contribution in [0.2, 0.25) is 0 Å². The van der Waals surface area contributed by atoms with Crippen molar-refractivity contribution >= 4 is 33.2 Å². The number of nitrogens with one attached hydrogen (secondary N) is 2. The first-order valence-corrected chi connectivity index (χ1v) is 8.87. The van der Waals surface area contributed by atoms with Gasteiger partial charge in [-0.1, -0.05) is 0 Å². The summed E-state index contributed by atoms with van der Waals surface area (Å²) in [7, 11) is -2.05. The van der Waals surface area contributed by atoms with Crippen molar-refractivity contribution in [1.29, 1.82) is 0 Å². The van der Waals surface area contributed by atoms with Gasteiger partial charge in [0.05, 0.1) is 16.3 Å². The topological polar surface area (TPSA) is 84.2 Å². The van der Waals surface area contributed by atoms with Crippen LogP contribution in [0.15, 0.2) is 23.1 Å². The molecular weight excluding hydrogens is 282 g/mol. The Kier molecular flexibility index (Phi) is 5.96. The highest BCUT2D eigenvalue weighted by Gasteiger charge is 2.14. The molecule has 0 amide bonds. The number of hydrogen-bond acceptors (Lipinski definition) is 5. The molecule has 1 atom stereocenters. The summed E-state index contributed by atoms with van der Waals surface area (Å²) in [5, 5.41) is 3.25. The van der Waals surface area contributed by atoms with E-state index in [2.05, 4.69) is 23.2 Å².